The highest BCUT2D eigenvalue weighted by atomic mass is 32.2. The van der Waals surface area contributed by atoms with Crippen molar-refractivity contribution in [3.8, 4) is 0 Å². The molecule has 0 bridgehead atoms. The van der Waals surface area contributed by atoms with Crippen LogP contribution in [0.1, 0.15) is 43.0 Å². The van der Waals surface area contributed by atoms with Crippen molar-refractivity contribution in [1.29, 1.82) is 0 Å². The van der Waals surface area contributed by atoms with E-state index in [9.17, 15) is 4.79 Å². The van der Waals surface area contributed by atoms with Gasteiger partial charge in [-0.05, 0) is 38.0 Å². The molecule has 0 heterocycles. The summed E-state index contributed by atoms with van der Waals surface area (Å²) in [5.41, 5.74) is 7.31. The Labute approximate surface area is 113 Å². The number of carbonyl (C=O) groups is 1. The summed E-state index contributed by atoms with van der Waals surface area (Å²) in [5, 5.41) is 3.49. The van der Waals surface area contributed by atoms with Gasteiger partial charge < -0.3 is 11.1 Å². The molecule has 98 valence electrons. The van der Waals surface area contributed by atoms with E-state index in [1.54, 1.807) is 17.8 Å². The van der Waals surface area contributed by atoms with Gasteiger partial charge in [0.1, 0.15) is 0 Å². The Kier molecular flexibility index (Phi) is 4.53. The first-order valence-corrected chi connectivity index (χ1v) is 7.43. The third-order valence-corrected chi connectivity index (χ3v) is 4.58. The van der Waals surface area contributed by atoms with Crippen LogP contribution in [-0.2, 0) is 0 Å². The van der Waals surface area contributed by atoms with Gasteiger partial charge in [0.2, 0.25) is 0 Å². The van der Waals surface area contributed by atoms with Crippen molar-refractivity contribution in [2.75, 3.05) is 12.3 Å². The maximum Gasteiger partial charge on any atom is 0.252 e. The molecule has 3 nitrogen and oxygen atoms in total. The number of amides is 1. The van der Waals surface area contributed by atoms with Crippen molar-refractivity contribution in [2.24, 2.45) is 0 Å². The number of thioether (sulfide) groups is 1. The number of hydrogen-bond acceptors (Lipinski definition) is 3. The van der Waals surface area contributed by atoms with Crippen LogP contribution >= 0.6 is 11.8 Å². The molecule has 1 aliphatic carbocycles. The van der Waals surface area contributed by atoms with Gasteiger partial charge in [-0.15, -0.1) is 11.8 Å². The highest BCUT2D eigenvalue weighted by Crippen LogP contribution is 2.37. The van der Waals surface area contributed by atoms with Crippen molar-refractivity contribution >= 4 is 23.4 Å². The van der Waals surface area contributed by atoms with E-state index in [-0.39, 0.29) is 5.91 Å². The van der Waals surface area contributed by atoms with Gasteiger partial charge >= 0.3 is 0 Å². The number of anilines is 1. The molecular formula is C14H20N2OS. The lowest BCUT2D eigenvalue weighted by molar-refractivity contribution is 0.0953. The van der Waals surface area contributed by atoms with Gasteiger partial charge in [-0.3, -0.25) is 4.79 Å². The van der Waals surface area contributed by atoms with Crippen LogP contribution in [-0.4, -0.2) is 17.7 Å². The quantitative estimate of drug-likeness (QED) is 0.822. The summed E-state index contributed by atoms with van der Waals surface area (Å²) in [6.07, 6.45) is 5.09. The summed E-state index contributed by atoms with van der Waals surface area (Å²) in [6, 6.07) is 5.55. The Morgan fingerprint density at radius 2 is 2.17 bits per heavy atom. The van der Waals surface area contributed by atoms with Gasteiger partial charge in [-0.2, -0.15) is 0 Å². The molecule has 1 saturated carbocycles. The van der Waals surface area contributed by atoms with Crippen molar-refractivity contribution in [3.05, 3.63) is 23.8 Å². The van der Waals surface area contributed by atoms with Crippen molar-refractivity contribution in [1.82, 2.24) is 5.32 Å². The molecule has 1 aliphatic rings. The van der Waals surface area contributed by atoms with Gasteiger partial charge in [-0.25, -0.2) is 0 Å². The summed E-state index contributed by atoms with van der Waals surface area (Å²) in [6.45, 7) is 2.58. The number of benzene rings is 1. The van der Waals surface area contributed by atoms with Crippen molar-refractivity contribution < 1.29 is 4.79 Å². The summed E-state index contributed by atoms with van der Waals surface area (Å²) in [4.78, 5) is 13.0. The van der Waals surface area contributed by atoms with Gasteiger partial charge in [0.05, 0.1) is 5.56 Å². The van der Waals surface area contributed by atoms with Crippen LogP contribution in [0.25, 0.3) is 0 Å². The predicted molar refractivity (Wildman–Crippen MR) is 77.0 cm³/mol. The molecule has 2 rings (SSSR count). The topological polar surface area (TPSA) is 55.1 Å². The SMILES string of the molecule is CCNC(=O)c1ccc(N)cc1SC1CCCC1. The third-order valence-electron chi connectivity index (χ3n) is 3.18. The average Bonchev–Trinajstić information content (AvgIpc) is 2.82. The standard InChI is InChI=1S/C14H20N2OS/c1-2-16-14(17)12-8-7-10(15)9-13(12)18-11-5-3-4-6-11/h7-9,11H,2-6,15H2,1H3,(H,16,17). The number of hydrogen-bond donors (Lipinski definition) is 2. The molecule has 4 heteroatoms. The van der Waals surface area contributed by atoms with E-state index in [4.69, 9.17) is 5.73 Å². The number of nitrogens with one attached hydrogen (secondary N) is 1. The molecule has 1 amide bonds. The van der Waals surface area contributed by atoms with Crippen LogP contribution in [0.5, 0.6) is 0 Å². The second-order valence-electron chi connectivity index (χ2n) is 4.64. The third kappa shape index (κ3) is 3.19. The van der Waals surface area contributed by atoms with Crippen LogP contribution in [0.3, 0.4) is 0 Å². The van der Waals surface area contributed by atoms with E-state index >= 15 is 0 Å². The number of rotatable bonds is 4. The molecule has 0 aliphatic heterocycles. The molecule has 1 aromatic carbocycles. The van der Waals surface area contributed by atoms with Crippen molar-refractivity contribution in [3.63, 3.8) is 0 Å². The minimum Gasteiger partial charge on any atom is -0.399 e. The highest BCUT2D eigenvalue weighted by Gasteiger charge is 2.19. The van der Waals surface area contributed by atoms with E-state index in [0.717, 1.165) is 16.1 Å². The molecule has 0 saturated heterocycles. The minimum absolute atomic E-state index is 0.00185. The maximum absolute atomic E-state index is 12.0. The second kappa shape index (κ2) is 6.14. The van der Waals surface area contributed by atoms with Gasteiger partial charge in [0.15, 0.2) is 0 Å². The first-order chi connectivity index (χ1) is 8.70. The summed E-state index contributed by atoms with van der Waals surface area (Å²) in [5.74, 6) is -0.00185. The second-order valence-corrected chi connectivity index (χ2v) is 5.98. The molecule has 0 aromatic heterocycles. The summed E-state index contributed by atoms with van der Waals surface area (Å²) >= 11 is 1.81. The molecular weight excluding hydrogens is 244 g/mol. The smallest absolute Gasteiger partial charge is 0.252 e. The molecule has 3 N–H and O–H groups in total. The van der Waals surface area contributed by atoms with Crippen LogP contribution in [0.2, 0.25) is 0 Å². The lowest BCUT2D eigenvalue weighted by Crippen LogP contribution is -2.23. The zero-order valence-corrected chi connectivity index (χ0v) is 11.6. The fourth-order valence-corrected chi connectivity index (χ4v) is 3.69. The Bertz CT molecular complexity index is 428. The molecule has 0 radical (unpaired) electrons. The molecule has 1 aromatic rings. The lowest BCUT2D eigenvalue weighted by Gasteiger charge is -2.13. The predicted octanol–water partition coefficient (Wildman–Crippen LogP) is 3.05. The fraction of sp³-hybridized carbons (Fsp3) is 0.500. The fourth-order valence-electron chi connectivity index (χ4n) is 2.27. The first-order valence-electron chi connectivity index (χ1n) is 6.55. The maximum atomic E-state index is 12.0. The normalized spacial score (nSPS) is 15.8. The van der Waals surface area contributed by atoms with Crippen LogP contribution in [0.4, 0.5) is 5.69 Å². The van der Waals surface area contributed by atoms with E-state index < -0.39 is 0 Å². The van der Waals surface area contributed by atoms with Crippen LogP contribution in [0, 0.1) is 0 Å². The van der Waals surface area contributed by atoms with Crippen LogP contribution < -0.4 is 11.1 Å². The molecule has 0 atom stereocenters. The highest BCUT2D eigenvalue weighted by molar-refractivity contribution is 8.00. The summed E-state index contributed by atoms with van der Waals surface area (Å²) in [7, 11) is 0. The Morgan fingerprint density at radius 1 is 1.44 bits per heavy atom. The van der Waals surface area contributed by atoms with E-state index in [2.05, 4.69) is 5.32 Å². The largest absolute Gasteiger partial charge is 0.399 e. The Hall–Kier alpha value is -1.16. The Balaban J connectivity index is 2.19. The van der Waals surface area contributed by atoms with Gasteiger partial charge in [-0.1, -0.05) is 12.8 Å². The zero-order chi connectivity index (χ0) is 13.0. The number of nitrogen functional groups attached to an aromatic ring is 1. The summed E-state index contributed by atoms with van der Waals surface area (Å²) < 4.78 is 0. The monoisotopic (exact) mass is 264 g/mol. The zero-order valence-electron chi connectivity index (χ0n) is 10.7. The number of nitrogens with two attached hydrogens (primary N) is 1. The minimum atomic E-state index is -0.00185. The average molecular weight is 264 g/mol. The van der Waals surface area contributed by atoms with E-state index in [0.29, 0.717) is 11.8 Å². The van der Waals surface area contributed by atoms with Gasteiger partial charge in [0, 0.05) is 22.4 Å². The lowest BCUT2D eigenvalue weighted by atomic mass is 10.2. The molecule has 18 heavy (non-hydrogen) atoms. The van der Waals surface area contributed by atoms with Crippen LogP contribution in [0.15, 0.2) is 23.1 Å². The number of carbonyl (C=O) groups excluding carboxylic acids is 1. The first kappa shape index (κ1) is 13.3. The van der Waals surface area contributed by atoms with E-state index in [1.807, 2.05) is 19.1 Å². The molecule has 0 spiro atoms. The molecule has 1 fully saturated rings. The molecule has 0 unspecified atom stereocenters. The Morgan fingerprint density at radius 3 is 2.83 bits per heavy atom. The van der Waals surface area contributed by atoms with Gasteiger partial charge in [0.25, 0.3) is 5.91 Å². The van der Waals surface area contributed by atoms with E-state index in [1.165, 1.54) is 25.7 Å². The van der Waals surface area contributed by atoms with Crippen molar-refractivity contribution in [2.45, 2.75) is 42.8 Å².